The molecule has 1 fully saturated rings. The van der Waals surface area contributed by atoms with Crippen molar-refractivity contribution in [1.82, 2.24) is 10.2 Å². The molecule has 2 rings (SSSR count). The number of halogens is 1. The Morgan fingerprint density at radius 3 is 2.65 bits per heavy atom. The van der Waals surface area contributed by atoms with Crippen LogP contribution < -0.4 is 10.2 Å². The van der Waals surface area contributed by atoms with Gasteiger partial charge in [-0.3, -0.25) is 4.90 Å². The summed E-state index contributed by atoms with van der Waals surface area (Å²) in [5, 5.41) is 4.04. The second-order valence-corrected chi connectivity index (χ2v) is 6.03. The first-order valence-electron chi connectivity index (χ1n) is 7.60. The highest BCUT2D eigenvalue weighted by molar-refractivity contribution is 6.30. The van der Waals surface area contributed by atoms with Crippen LogP contribution in [0.25, 0.3) is 0 Å². The molecule has 1 heterocycles. The highest BCUT2D eigenvalue weighted by atomic mass is 35.5. The fourth-order valence-corrected chi connectivity index (χ4v) is 3.04. The quantitative estimate of drug-likeness (QED) is 0.814. The first-order chi connectivity index (χ1) is 9.70. The van der Waals surface area contributed by atoms with Gasteiger partial charge < -0.3 is 10.2 Å². The van der Waals surface area contributed by atoms with Crippen LogP contribution in [0.15, 0.2) is 24.3 Å². The minimum atomic E-state index is 0.685. The third-order valence-corrected chi connectivity index (χ3v) is 4.39. The van der Waals surface area contributed by atoms with Gasteiger partial charge in [-0.05, 0) is 51.6 Å². The number of anilines is 1. The molecule has 1 aromatic carbocycles. The summed E-state index contributed by atoms with van der Waals surface area (Å²) in [7, 11) is 2.02. The zero-order valence-corrected chi connectivity index (χ0v) is 13.4. The van der Waals surface area contributed by atoms with Crippen molar-refractivity contribution in [2.45, 2.75) is 25.8 Å². The van der Waals surface area contributed by atoms with Gasteiger partial charge in [-0.1, -0.05) is 17.7 Å². The second kappa shape index (κ2) is 7.87. The van der Waals surface area contributed by atoms with E-state index in [0.29, 0.717) is 6.04 Å². The largest absolute Gasteiger partial charge is 0.369 e. The lowest BCUT2D eigenvalue weighted by molar-refractivity contribution is 0.186. The van der Waals surface area contributed by atoms with Crippen LogP contribution in [0, 0.1) is 0 Å². The van der Waals surface area contributed by atoms with E-state index >= 15 is 0 Å². The van der Waals surface area contributed by atoms with Crippen molar-refractivity contribution in [2.24, 2.45) is 0 Å². The van der Waals surface area contributed by atoms with Crippen LogP contribution in [0.3, 0.4) is 0 Å². The van der Waals surface area contributed by atoms with Crippen molar-refractivity contribution in [1.29, 1.82) is 0 Å². The Labute approximate surface area is 127 Å². The molecule has 20 heavy (non-hydrogen) atoms. The summed E-state index contributed by atoms with van der Waals surface area (Å²) in [4.78, 5) is 5.04. The van der Waals surface area contributed by atoms with Crippen LogP contribution in [0.4, 0.5) is 5.69 Å². The van der Waals surface area contributed by atoms with E-state index in [2.05, 4.69) is 34.2 Å². The molecule has 112 valence electrons. The molecule has 1 unspecified atom stereocenters. The number of hydrogen-bond acceptors (Lipinski definition) is 3. The van der Waals surface area contributed by atoms with E-state index in [9.17, 15) is 0 Å². The standard InChI is InChI=1S/C16H26ClN3/c1-14(5-4-8-18-2)19-9-11-20(12-10-19)16-7-3-6-15(17)13-16/h3,6-7,13-14,18H,4-5,8-12H2,1-2H3. The van der Waals surface area contributed by atoms with Gasteiger partial charge in [0.2, 0.25) is 0 Å². The number of benzene rings is 1. The molecule has 1 aliphatic heterocycles. The van der Waals surface area contributed by atoms with Crippen molar-refractivity contribution < 1.29 is 0 Å². The summed E-state index contributed by atoms with van der Waals surface area (Å²) in [5.41, 5.74) is 1.25. The average molecular weight is 296 g/mol. The SMILES string of the molecule is CNCCCC(C)N1CCN(c2cccc(Cl)c2)CC1. The normalized spacial score (nSPS) is 18.2. The highest BCUT2D eigenvalue weighted by Gasteiger charge is 2.20. The number of nitrogens with zero attached hydrogens (tertiary/aromatic N) is 2. The van der Waals surface area contributed by atoms with E-state index < -0.39 is 0 Å². The molecule has 0 aromatic heterocycles. The van der Waals surface area contributed by atoms with Gasteiger partial charge in [0.25, 0.3) is 0 Å². The Balaban J connectivity index is 1.80. The summed E-state index contributed by atoms with van der Waals surface area (Å²) in [6, 6.07) is 8.87. The first-order valence-corrected chi connectivity index (χ1v) is 7.97. The third kappa shape index (κ3) is 4.37. The van der Waals surface area contributed by atoms with E-state index in [4.69, 9.17) is 11.6 Å². The molecule has 1 atom stereocenters. The Morgan fingerprint density at radius 1 is 1.25 bits per heavy atom. The number of rotatable bonds is 6. The first kappa shape index (κ1) is 15.6. The molecule has 0 bridgehead atoms. The zero-order chi connectivity index (χ0) is 14.4. The van der Waals surface area contributed by atoms with Gasteiger partial charge in [-0.25, -0.2) is 0 Å². The van der Waals surface area contributed by atoms with Crippen molar-refractivity contribution in [3.8, 4) is 0 Å². The molecule has 0 amide bonds. The Morgan fingerprint density at radius 2 is 2.00 bits per heavy atom. The van der Waals surface area contributed by atoms with Crippen LogP contribution in [-0.2, 0) is 0 Å². The van der Waals surface area contributed by atoms with Gasteiger partial charge in [-0.15, -0.1) is 0 Å². The van der Waals surface area contributed by atoms with E-state index in [-0.39, 0.29) is 0 Å². The van der Waals surface area contributed by atoms with Gasteiger partial charge in [0.1, 0.15) is 0 Å². The van der Waals surface area contributed by atoms with E-state index in [1.165, 1.54) is 18.5 Å². The lowest BCUT2D eigenvalue weighted by atomic mass is 10.1. The summed E-state index contributed by atoms with van der Waals surface area (Å²) in [6.45, 7) is 7.95. The molecule has 0 spiro atoms. The Hall–Kier alpha value is -0.770. The second-order valence-electron chi connectivity index (χ2n) is 5.60. The smallest absolute Gasteiger partial charge is 0.0426 e. The van der Waals surface area contributed by atoms with Crippen LogP contribution in [0.1, 0.15) is 19.8 Å². The molecular formula is C16H26ClN3. The predicted octanol–water partition coefficient (Wildman–Crippen LogP) is 2.85. The van der Waals surface area contributed by atoms with Crippen molar-refractivity contribution >= 4 is 17.3 Å². The molecule has 1 N–H and O–H groups in total. The van der Waals surface area contributed by atoms with Crippen molar-refractivity contribution in [2.75, 3.05) is 44.7 Å². The van der Waals surface area contributed by atoms with Gasteiger partial charge in [-0.2, -0.15) is 0 Å². The topological polar surface area (TPSA) is 18.5 Å². The summed E-state index contributed by atoms with van der Waals surface area (Å²) in [6.07, 6.45) is 2.53. The number of piperazine rings is 1. The maximum atomic E-state index is 6.07. The van der Waals surface area contributed by atoms with Gasteiger partial charge >= 0.3 is 0 Å². The lowest BCUT2D eigenvalue weighted by Gasteiger charge is -2.39. The summed E-state index contributed by atoms with van der Waals surface area (Å²) < 4.78 is 0. The average Bonchev–Trinajstić information content (AvgIpc) is 2.47. The summed E-state index contributed by atoms with van der Waals surface area (Å²) >= 11 is 6.07. The van der Waals surface area contributed by atoms with Crippen LogP contribution >= 0.6 is 11.6 Å². The fraction of sp³-hybridized carbons (Fsp3) is 0.625. The number of nitrogens with one attached hydrogen (secondary N) is 1. The maximum Gasteiger partial charge on any atom is 0.0426 e. The fourth-order valence-electron chi connectivity index (χ4n) is 2.85. The van der Waals surface area contributed by atoms with E-state index in [1.54, 1.807) is 0 Å². The summed E-state index contributed by atoms with van der Waals surface area (Å²) in [5.74, 6) is 0. The minimum Gasteiger partial charge on any atom is -0.369 e. The van der Waals surface area contributed by atoms with E-state index in [1.807, 2.05) is 19.2 Å². The van der Waals surface area contributed by atoms with E-state index in [0.717, 1.165) is 37.7 Å². The molecule has 0 radical (unpaired) electrons. The molecule has 0 aliphatic carbocycles. The maximum absolute atomic E-state index is 6.07. The Kier molecular flexibility index (Phi) is 6.14. The third-order valence-electron chi connectivity index (χ3n) is 4.16. The minimum absolute atomic E-state index is 0.685. The molecule has 1 aliphatic rings. The monoisotopic (exact) mass is 295 g/mol. The van der Waals surface area contributed by atoms with Gasteiger partial charge in [0, 0.05) is 42.9 Å². The molecule has 1 aromatic rings. The molecular weight excluding hydrogens is 270 g/mol. The Bertz CT molecular complexity index is 402. The highest BCUT2D eigenvalue weighted by Crippen LogP contribution is 2.21. The van der Waals surface area contributed by atoms with Crippen molar-refractivity contribution in [3.05, 3.63) is 29.3 Å². The van der Waals surface area contributed by atoms with Gasteiger partial charge in [0.05, 0.1) is 0 Å². The lowest BCUT2D eigenvalue weighted by Crippen LogP contribution is -2.49. The molecule has 0 saturated carbocycles. The van der Waals surface area contributed by atoms with Gasteiger partial charge in [0.15, 0.2) is 0 Å². The molecule has 3 nitrogen and oxygen atoms in total. The van der Waals surface area contributed by atoms with Crippen molar-refractivity contribution in [3.63, 3.8) is 0 Å². The molecule has 4 heteroatoms. The number of hydrogen-bond donors (Lipinski definition) is 1. The van der Waals surface area contributed by atoms with Crippen LogP contribution in [0.2, 0.25) is 5.02 Å². The van der Waals surface area contributed by atoms with Crippen LogP contribution in [-0.4, -0.2) is 50.7 Å². The van der Waals surface area contributed by atoms with Crippen LogP contribution in [0.5, 0.6) is 0 Å². The zero-order valence-electron chi connectivity index (χ0n) is 12.6. The molecule has 1 saturated heterocycles. The predicted molar refractivity (Wildman–Crippen MR) is 87.9 cm³/mol.